The van der Waals surface area contributed by atoms with Crippen LogP contribution in [-0.4, -0.2) is 5.71 Å². The van der Waals surface area contributed by atoms with Crippen molar-refractivity contribution in [1.29, 1.82) is 0 Å². The fraction of sp³-hybridized carbons (Fsp3) is 0.0952. The molecule has 0 aromatic heterocycles. The fourth-order valence-corrected chi connectivity index (χ4v) is 2.62. The van der Waals surface area contributed by atoms with Gasteiger partial charge in [0.2, 0.25) is 0 Å². The molecule has 0 amide bonds. The lowest BCUT2D eigenvalue weighted by Crippen LogP contribution is -2.13. The lowest BCUT2D eigenvalue weighted by Gasteiger charge is -2.21. The quantitative estimate of drug-likeness (QED) is 0.395. The van der Waals surface area contributed by atoms with Crippen LogP contribution in [0.15, 0.2) is 90.0 Å². The van der Waals surface area contributed by atoms with Gasteiger partial charge in [-0.05, 0) is 48.4 Å². The van der Waals surface area contributed by atoms with E-state index in [2.05, 4.69) is 31.2 Å². The van der Waals surface area contributed by atoms with Gasteiger partial charge in [-0.1, -0.05) is 67.1 Å². The number of benzene rings is 3. The van der Waals surface area contributed by atoms with E-state index >= 15 is 0 Å². The third kappa shape index (κ3) is 3.84. The first-order chi connectivity index (χ1) is 11.8. The van der Waals surface area contributed by atoms with Gasteiger partial charge >= 0.3 is 0 Å². The molecule has 0 heterocycles. The van der Waals surface area contributed by atoms with Gasteiger partial charge < -0.3 is 0 Å². The monoisotopic (exact) mass is 334 g/mol. The van der Waals surface area contributed by atoms with Crippen molar-refractivity contribution < 1.29 is 0 Å². The van der Waals surface area contributed by atoms with Crippen molar-refractivity contribution in [3.05, 3.63) is 95.5 Å². The molecule has 0 saturated carbocycles. The highest BCUT2D eigenvalue weighted by molar-refractivity contribution is 6.30. The van der Waals surface area contributed by atoms with Crippen LogP contribution in [0.1, 0.15) is 18.9 Å². The molecule has 120 valence electrons. The number of nitrogens with zero attached hydrogens (tertiary/aromatic N) is 2. The first-order valence-corrected chi connectivity index (χ1v) is 8.39. The zero-order valence-electron chi connectivity index (χ0n) is 13.6. The van der Waals surface area contributed by atoms with Crippen LogP contribution in [0, 0.1) is 0 Å². The summed E-state index contributed by atoms with van der Waals surface area (Å²) in [5, 5.41) is 7.65. The van der Waals surface area contributed by atoms with Crippen molar-refractivity contribution in [2.24, 2.45) is 5.10 Å². The van der Waals surface area contributed by atoms with Crippen molar-refractivity contribution in [2.75, 3.05) is 5.01 Å². The first-order valence-electron chi connectivity index (χ1n) is 8.01. The molecule has 24 heavy (non-hydrogen) atoms. The van der Waals surface area contributed by atoms with E-state index in [1.165, 1.54) is 0 Å². The first kappa shape index (κ1) is 16.3. The van der Waals surface area contributed by atoms with Gasteiger partial charge in [-0.15, -0.1) is 0 Å². The predicted octanol–water partition coefficient (Wildman–Crippen LogP) is 6.29. The van der Waals surface area contributed by atoms with Crippen molar-refractivity contribution in [3.8, 4) is 0 Å². The molecule has 0 spiro atoms. The summed E-state index contributed by atoms with van der Waals surface area (Å²) in [6.45, 7) is 2.11. The average molecular weight is 335 g/mol. The standard InChI is InChI=1S/C21H19ClN2/c1-2-21(17-13-15-18(22)16-14-17)23-24(19-9-5-3-6-10-19)20-11-7-4-8-12-20/h3-16H,2H2,1H3/b23-21-. The normalized spacial score (nSPS) is 11.3. The molecule has 0 bridgehead atoms. The Morgan fingerprint density at radius 1 is 0.792 bits per heavy atom. The van der Waals surface area contributed by atoms with E-state index in [-0.39, 0.29) is 0 Å². The number of hydrogen-bond acceptors (Lipinski definition) is 2. The smallest absolute Gasteiger partial charge is 0.0683 e. The van der Waals surface area contributed by atoms with Gasteiger partial charge in [0.15, 0.2) is 0 Å². The minimum absolute atomic E-state index is 0.733. The molecule has 3 aromatic rings. The fourth-order valence-electron chi connectivity index (χ4n) is 2.50. The van der Waals surface area contributed by atoms with E-state index in [0.717, 1.165) is 34.1 Å². The summed E-state index contributed by atoms with van der Waals surface area (Å²) in [7, 11) is 0. The SMILES string of the molecule is CC/C(=N/N(c1ccccc1)c1ccccc1)c1ccc(Cl)cc1. The molecule has 0 saturated heterocycles. The second-order valence-electron chi connectivity index (χ2n) is 5.39. The van der Waals surface area contributed by atoms with Crippen LogP contribution in [0.3, 0.4) is 0 Å². The highest BCUT2D eigenvalue weighted by Gasteiger charge is 2.10. The van der Waals surface area contributed by atoms with Gasteiger partial charge in [-0.3, -0.25) is 0 Å². The van der Waals surface area contributed by atoms with Crippen LogP contribution in [0.4, 0.5) is 11.4 Å². The molecular weight excluding hydrogens is 316 g/mol. The van der Waals surface area contributed by atoms with Crippen molar-refractivity contribution >= 4 is 28.7 Å². The van der Waals surface area contributed by atoms with Gasteiger partial charge in [-0.25, -0.2) is 5.01 Å². The maximum Gasteiger partial charge on any atom is 0.0683 e. The lowest BCUT2D eigenvalue weighted by atomic mass is 10.1. The minimum Gasteiger partial charge on any atom is -0.233 e. The zero-order chi connectivity index (χ0) is 16.8. The van der Waals surface area contributed by atoms with Gasteiger partial charge in [-0.2, -0.15) is 5.10 Å². The van der Waals surface area contributed by atoms with Crippen LogP contribution in [0.5, 0.6) is 0 Å². The summed E-state index contributed by atoms with van der Waals surface area (Å²) < 4.78 is 0. The van der Waals surface area contributed by atoms with Crippen LogP contribution in [-0.2, 0) is 0 Å². The highest BCUT2D eigenvalue weighted by Crippen LogP contribution is 2.26. The van der Waals surface area contributed by atoms with Crippen molar-refractivity contribution in [1.82, 2.24) is 0 Å². The second-order valence-corrected chi connectivity index (χ2v) is 5.83. The van der Waals surface area contributed by atoms with E-state index in [9.17, 15) is 0 Å². The Hall–Kier alpha value is -2.58. The Labute approximate surface area is 148 Å². The third-order valence-electron chi connectivity index (χ3n) is 3.73. The van der Waals surface area contributed by atoms with Crippen LogP contribution in [0.2, 0.25) is 5.02 Å². The van der Waals surface area contributed by atoms with Crippen molar-refractivity contribution in [3.63, 3.8) is 0 Å². The molecule has 3 heteroatoms. The Morgan fingerprint density at radius 3 is 1.75 bits per heavy atom. The van der Waals surface area contributed by atoms with E-state index in [0.29, 0.717) is 0 Å². The Kier molecular flexibility index (Phi) is 5.29. The number of rotatable bonds is 5. The summed E-state index contributed by atoms with van der Waals surface area (Å²) in [5.74, 6) is 0. The topological polar surface area (TPSA) is 15.6 Å². The molecule has 0 fully saturated rings. The van der Waals surface area contributed by atoms with E-state index < -0.39 is 0 Å². The summed E-state index contributed by atoms with van der Waals surface area (Å²) >= 11 is 6.01. The highest BCUT2D eigenvalue weighted by atomic mass is 35.5. The van der Waals surface area contributed by atoms with Crippen LogP contribution < -0.4 is 5.01 Å². The molecule has 3 rings (SSSR count). The Balaban J connectivity index is 2.06. The van der Waals surface area contributed by atoms with Crippen LogP contribution in [0.25, 0.3) is 0 Å². The molecule has 0 atom stereocenters. The molecule has 0 aliphatic carbocycles. The third-order valence-corrected chi connectivity index (χ3v) is 3.99. The van der Waals surface area contributed by atoms with E-state index in [1.54, 1.807) is 0 Å². The van der Waals surface area contributed by atoms with Gasteiger partial charge in [0, 0.05) is 5.02 Å². The molecule has 0 unspecified atom stereocenters. The lowest BCUT2D eigenvalue weighted by molar-refractivity contribution is 1.06. The number of anilines is 2. The Morgan fingerprint density at radius 2 is 1.29 bits per heavy atom. The van der Waals surface area contributed by atoms with Gasteiger partial charge in [0.25, 0.3) is 0 Å². The second kappa shape index (κ2) is 7.80. The van der Waals surface area contributed by atoms with Gasteiger partial charge in [0.1, 0.15) is 0 Å². The Bertz CT molecular complexity index is 757. The molecular formula is C21H19ClN2. The molecule has 0 aliphatic rings. The molecule has 2 nitrogen and oxygen atoms in total. The zero-order valence-corrected chi connectivity index (χ0v) is 14.3. The molecule has 3 aromatic carbocycles. The predicted molar refractivity (Wildman–Crippen MR) is 103 cm³/mol. The molecule has 0 radical (unpaired) electrons. The maximum absolute atomic E-state index is 6.01. The molecule has 0 N–H and O–H groups in total. The number of hydrazone groups is 1. The number of hydrogen-bond donors (Lipinski definition) is 0. The van der Waals surface area contributed by atoms with E-state index in [1.807, 2.05) is 65.7 Å². The molecule has 0 aliphatic heterocycles. The van der Waals surface area contributed by atoms with Crippen LogP contribution >= 0.6 is 11.6 Å². The number of halogens is 1. The van der Waals surface area contributed by atoms with Crippen molar-refractivity contribution in [2.45, 2.75) is 13.3 Å². The number of para-hydroxylation sites is 2. The summed E-state index contributed by atoms with van der Waals surface area (Å²) in [6.07, 6.45) is 0.831. The summed E-state index contributed by atoms with van der Waals surface area (Å²) in [6, 6.07) is 28.2. The largest absolute Gasteiger partial charge is 0.233 e. The summed E-state index contributed by atoms with van der Waals surface area (Å²) in [4.78, 5) is 0. The van der Waals surface area contributed by atoms with Gasteiger partial charge in [0.05, 0.1) is 17.1 Å². The maximum atomic E-state index is 6.01. The van der Waals surface area contributed by atoms with E-state index in [4.69, 9.17) is 16.7 Å². The minimum atomic E-state index is 0.733. The average Bonchev–Trinajstić information content (AvgIpc) is 2.65. The summed E-state index contributed by atoms with van der Waals surface area (Å²) in [5.41, 5.74) is 4.16.